The van der Waals surface area contributed by atoms with Gasteiger partial charge in [0.25, 0.3) is 0 Å². The summed E-state index contributed by atoms with van der Waals surface area (Å²) in [6.45, 7) is 3.84. The third-order valence-corrected chi connectivity index (χ3v) is 4.60. The van der Waals surface area contributed by atoms with Gasteiger partial charge in [0, 0.05) is 4.88 Å². The van der Waals surface area contributed by atoms with Gasteiger partial charge in [-0.1, -0.05) is 0 Å². The zero-order chi connectivity index (χ0) is 16.3. The van der Waals surface area contributed by atoms with E-state index in [4.69, 9.17) is 26.8 Å². The van der Waals surface area contributed by atoms with Gasteiger partial charge in [0.1, 0.15) is 17.4 Å². The maximum Gasteiger partial charge on any atom is 0.338 e. The van der Waals surface area contributed by atoms with Crippen LogP contribution in [0.2, 0.25) is 0 Å². The van der Waals surface area contributed by atoms with E-state index in [0.717, 1.165) is 10.4 Å². The second kappa shape index (κ2) is 6.86. The first-order valence-electron chi connectivity index (χ1n) is 6.62. The van der Waals surface area contributed by atoms with Crippen LogP contribution < -0.4 is 5.73 Å². The van der Waals surface area contributed by atoms with Gasteiger partial charge in [-0.3, -0.25) is 0 Å². The fourth-order valence-electron chi connectivity index (χ4n) is 2.29. The Balaban J connectivity index is 2.65. The van der Waals surface area contributed by atoms with Crippen LogP contribution in [-0.4, -0.2) is 18.5 Å². The summed E-state index contributed by atoms with van der Waals surface area (Å²) in [5.41, 5.74) is 7.24. The summed E-state index contributed by atoms with van der Waals surface area (Å²) in [6, 6.07) is 3.96. The third kappa shape index (κ3) is 2.82. The summed E-state index contributed by atoms with van der Waals surface area (Å²) in [4.78, 5) is 13.2. The molecule has 0 aromatic carbocycles. The van der Waals surface area contributed by atoms with E-state index in [9.17, 15) is 10.1 Å². The second-order valence-corrected chi connectivity index (χ2v) is 5.80. The van der Waals surface area contributed by atoms with Crippen molar-refractivity contribution < 1.29 is 14.3 Å². The number of nitrogens with zero attached hydrogens (tertiary/aromatic N) is 1. The molecule has 0 amide bonds. The molecule has 0 unspecified atom stereocenters. The Kier molecular flexibility index (Phi) is 5.11. The molecule has 2 rings (SSSR count). The van der Waals surface area contributed by atoms with E-state index in [0.29, 0.717) is 0 Å². The van der Waals surface area contributed by atoms with Gasteiger partial charge in [0.05, 0.1) is 24.0 Å². The van der Waals surface area contributed by atoms with Crippen molar-refractivity contribution >= 4 is 28.9 Å². The second-order valence-electron chi connectivity index (χ2n) is 4.58. The minimum atomic E-state index is -0.605. The first-order valence-corrected chi connectivity index (χ1v) is 8.04. The van der Waals surface area contributed by atoms with Crippen molar-refractivity contribution in [2.45, 2.75) is 19.8 Å². The lowest BCUT2D eigenvalue weighted by Gasteiger charge is -2.27. The Labute approximate surface area is 137 Å². The predicted molar refractivity (Wildman–Crippen MR) is 84.1 cm³/mol. The van der Waals surface area contributed by atoms with E-state index in [1.165, 1.54) is 11.3 Å². The molecule has 1 aromatic rings. The molecule has 2 N–H and O–H groups in total. The van der Waals surface area contributed by atoms with E-state index in [-0.39, 0.29) is 35.3 Å². The first-order chi connectivity index (χ1) is 10.5. The number of hydrogen-bond acceptors (Lipinski definition) is 6. The van der Waals surface area contributed by atoms with Crippen molar-refractivity contribution in [2.24, 2.45) is 5.73 Å². The number of allylic oxidation sites excluding steroid dienone is 2. The standard InChI is InChI=1S/C15H15ClN2O3S/c1-3-20-15(19)12-10(6-16)21-14(18)9(7-17)11(12)13-8(2)4-5-22-13/h4-5,11H,3,6,18H2,1-2H3/t11-/m0/s1. The topological polar surface area (TPSA) is 85.3 Å². The number of carbonyl (C=O) groups is 1. The highest BCUT2D eigenvalue weighted by molar-refractivity contribution is 7.10. The summed E-state index contributed by atoms with van der Waals surface area (Å²) < 4.78 is 10.5. The molecular weight excluding hydrogens is 324 g/mol. The molecule has 116 valence electrons. The van der Waals surface area contributed by atoms with Crippen molar-refractivity contribution in [3.63, 3.8) is 0 Å². The van der Waals surface area contributed by atoms with E-state index >= 15 is 0 Å². The normalized spacial score (nSPS) is 18.0. The monoisotopic (exact) mass is 338 g/mol. The molecule has 0 bridgehead atoms. The van der Waals surface area contributed by atoms with Gasteiger partial charge < -0.3 is 15.2 Å². The van der Waals surface area contributed by atoms with E-state index in [2.05, 4.69) is 0 Å². The Hall–Kier alpha value is -1.97. The number of hydrogen-bond donors (Lipinski definition) is 1. The molecule has 0 saturated heterocycles. The lowest BCUT2D eigenvalue weighted by molar-refractivity contribution is -0.139. The summed E-state index contributed by atoms with van der Waals surface area (Å²) in [7, 11) is 0. The predicted octanol–water partition coefficient (Wildman–Crippen LogP) is 2.92. The lowest BCUT2D eigenvalue weighted by atomic mass is 9.86. The maximum atomic E-state index is 12.4. The Morgan fingerprint density at radius 1 is 1.64 bits per heavy atom. The average Bonchev–Trinajstić information content (AvgIpc) is 2.91. The average molecular weight is 339 g/mol. The van der Waals surface area contributed by atoms with E-state index in [1.807, 2.05) is 24.4 Å². The zero-order valence-corrected chi connectivity index (χ0v) is 13.8. The van der Waals surface area contributed by atoms with Crippen LogP contribution in [0.5, 0.6) is 0 Å². The number of aryl methyl sites for hydroxylation is 1. The van der Waals surface area contributed by atoms with Crippen LogP contribution in [0, 0.1) is 18.3 Å². The molecule has 5 nitrogen and oxygen atoms in total. The molecule has 1 aliphatic rings. The van der Waals surface area contributed by atoms with Gasteiger partial charge in [0.2, 0.25) is 5.88 Å². The van der Waals surface area contributed by atoms with Crippen LogP contribution in [0.15, 0.2) is 34.2 Å². The fraction of sp³-hybridized carbons (Fsp3) is 0.333. The Morgan fingerprint density at radius 3 is 2.86 bits per heavy atom. The number of halogens is 1. The van der Waals surface area contributed by atoms with E-state index < -0.39 is 11.9 Å². The molecule has 0 radical (unpaired) electrons. The fourth-order valence-corrected chi connectivity index (χ4v) is 3.54. The highest BCUT2D eigenvalue weighted by atomic mass is 35.5. The van der Waals surface area contributed by atoms with Crippen LogP contribution >= 0.6 is 22.9 Å². The SMILES string of the molecule is CCOC(=O)C1=C(CCl)OC(N)=C(C#N)[C@@H]1c1sccc1C. The number of rotatable bonds is 4. The smallest absolute Gasteiger partial charge is 0.338 e. The van der Waals surface area contributed by atoms with Gasteiger partial charge in [-0.2, -0.15) is 5.26 Å². The number of carbonyl (C=O) groups excluding carboxylic acids is 1. The number of alkyl halides is 1. The number of thiophene rings is 1. The number of esters is 1. The summed E-state index contributed by atoms with van der Waals surface area (Å²) in [5, 5.41) is 11.3. The van der Waals surface area contributed by atoms with Crippen molar-refractivity contribution in [3.05, 3.63) is 44.7 Å². The quantitative estimate of drug-likeness (QED) is 0.674. The number of nitrogens with two attached hydrogens (primary N) is 1. The van der Waals surface area contributed by atoms with Crippen LogP contribution in [0.3, 0.4) is 0 Å². The van der Waals surface area contributed by atoms with Crippen LogP contribution in [0.25, 0.3) is 0 Å². The van der Waals surface area contributed by atoms with Crippen LogP contribution in [0.1, 0.15) is 23.3 Å². The van der Waals surface area contributed by atoms with Gasteiger partial charge in [-0.15, -0.1) is 22.9 Å². The molecule has 1 aliphatic heterocycles. The van der Waals surface area contributed by atoms with Crippen molar-refractivity contribution in [3.8, 4) is 6.07 Å². The highest BCUT2D eigenvalue weighted by Gasteiger charge is 2.38. The maximum absolute atomic E-state index is 12.4. The molecule has 0 saturated carbocycles. The molecule has 2 heterocycles. The molecule has 0 fully saturated rings. The Bertz CT molecular complexity index is 700. The highest BCUT2D eigenvalue weighted by Crippen LogP contribution is 2.43. The third-order valence-electron chi connectivity index (χ3n) is 3.28. The molecule has 22 heavy (non-hydrogen) atoms. The molecule has 0 spiro atoms. The number of nitriles is 1. The first kappa shape index (κ1) is 16.4. The summed E-state index contributed by atoms with van der Waals surface area (Å²) in [6.07, 6.45) is 0. The van der Waals surface area contributed by atoms with Crippen molar-refractivity contribution in [1.82, 2.24) is 0 Å². The Morgan fingerprint density at radius 2 is 2.36 bits per heavy atom. The number of ether oxygens (including phenoxy) is 2. The van der Waals surface area contributed by atoms with Crippen LogP contribution in [-0.2, 0) is 14.3 Å². The molecule has 1 aromatic heterocycles. The molecule has 7 heteroatoms. The van der Waals surface area contributed by atoms with Gasteiger partial charge in [-0.25, -0.2) is 4.79 Å². The minimum absolute atomic E-state index is 0.0241. The molecule has 1 atom stereocenters. The molecule has 0 aliphatic carbocycles. The summed E-state index contributed by atoms with van der Waals surface area (Å²) in [5.74, 6) is -0.977. The van der Waals surface area contributed by atoms with Crippen molar-refractivity contribution in [2.75, 3.05) is 12.5 Å². The largest absolute Gasteiger partial charge is 0.463 e. The summed E-state index contributed by atoms with van der Waals surface area (Å²) >= 11 is 7.34. The lowest BCUT2D eigenvalue weighted by Crippen LogP contribution is -2.26. The van der Waals surface area contributed by atoms with E-state index in [1.54, 1.807) is 6.92 Å². The van der Waals surface area contributed by atoms with Gasteiger partial charge >= 0.3 is 5.97 Å². The molecular formula is C15H15ClN2O3S. The van der Waals surface area contributed by atoms with Crippen LogP contribution in [0.4, 0.5) is 0 Å². The van der Waals surface area contributed by atoms with Crippen molar-refractivity contribution in [1.29, 1.82) is 5.26 Å². The van der Waals surface area contributed by atoms with Gasteiger partial charge in [-0.05, 0) is 30.9 Å². The van der Waals surface area contributed by atoms with Gasteiger partial charge in [0.15, 0.2) is 0 Å². The zero-order valence-electron chi connectivity index (χ0n) is 12.2. The minimum Gasteiger partial charge on any atom is -0.463 e.